The monoisotopic (exact) mass is 398 g/mol. The number of hydrogen-bond donors (Lipinski definition) is 1. The van der Waals surface area contributed by atoms with E-state index in [0.29, 0.717) is 31.1 Å². The smallest absolute Gasteiger partial charge is 0.312 e. The molecule has 0 aliphatic rings. The highest BCUT2D eigenvalue weighted by atomic mass is 32.1. The van der Waals surface area contributed by atoms with Crippen molar-refractivity contribution >= 4 is 17.3 Å². The molecule has 0 amide bonds. The molecular formula is C22H22O5S. The summed E-state index contributed by atoms with van der Waals surface area (Å²) < 4.78 is 16.8. The minimum atomic E-state index is -0.836. The maximum absolute atomic E-state index is 11.7. The SMILES string of the molecule is COc1ccc(CC(C(=O)O)c2cccs2)cc1OCCOc1ccccc1. The number of benzene rings is 2. The number of ether oxygens (including phenoxy) is 3. The number of para-hydroxylation sites is 1. The molecule has 6 heteroatoms. The van der Waals surface area contributed by atoms with Crippen LogP contribution in [0.4, 0.5) is 0 Å². The zero-order valence-corrected chi connectivity index (χ0v) is 16.4. The van der Waals surface area contributed by atoms with Crippen molar-refractivity contribution in [2.24, 2.45) is 0 Å². The quantitative estimate of drug-likeness (QED) is 0.505. The first-order valence-corrected chi connectivity index (χ1v) is 9.79. The number of methoxy groups -OCH3 is 1. The van der Waals surface area contributed by atoms with Crippen LogP contribution in [0.2, 0.25) is 0 Å². The van der Waals surface area contributed by atoms with Gasteiger partial charge >= 0.3 is 5.97 Å². The van der Waals surface area contributed by atoms with Gasteiger partial charge in [-0.15, -0.1) is 11.3 Å². The van der Waals surface area contributed by atoms with E-state index in [1.165, 1.54) is 11.3 Å². The standard InChI is InChI=1S/C22H22O5S/c1-25-19-10-9-16(14-18(22(23)24)21-8-5-13-28-21)15-20(19)27-12-11-26-17-6-3-2-4-7-17/h2-10,13,15,18H,11-12,14H2,1H3,(H,23,24). The second-order valence-electron chi connectivity index (χ2n) is 6.11. The van der Waals surface area contributed by atoms with Crippen LogP contribution in [0.5, 0.6) is 17.2 Å². The van der Waals surface area contributed by atoms with E-state index >= 15 is 0 Å². The van der Waals surface area contributed by atoms with E-state index in [0.717, 1.165) is 16.2 Å². The largest absolute Gasteiger partial charge is 0.493 e. The van der Waals surface area contributed by atoms with Crippen LogP contribution in [-0.4, -0.2) is 31.4 Å². The molecule has 146 valence electrons. The molecule has 1 aromatic heterocycles. The lowest BCUT2D eigenvalue weighted by molar-refractivity contribution is -0.138. The van der Waals surface area contributed by atoms with Gasteiger partial charge in [0.25, 0.3) is 0 Å². The maximum Gasteiger partial charge on any atom is 0.312 e. The number of carboxylic acid groups (broad SMARTS) is 1. The van der Waals surface area contributed by atoms with E-state index in [1.807, 2.05) is 60.0 Å². The van der Waals surface area contributed by atoms with Crippen LogP contribution < -0.4 is 14.2 Å². The summed E-state index contributed by atoms with van der Waals surface area (Å²) >= 11 is 1.45. The van der Waals surface area contributed by atoms with E-state index < -0.39 is 11.9 Å². The molecule has 0 bridgehead atoms. The number of thiophene rings is 1. The minimum Gasteiger partial charge on any atom is -0.493 e. The van der Waals surface area contributed by atoms with Gasteiger partial charge in [-0.2, -0.15) is 0 Å². The molecule has 1 heterocycles. The van der Waals surface area contributed by atoms with Crippen LogP contribution >= 0.6 is 11.3 Å². The molecule has 3 rings (SSSR count). The number of rotatable bonds is 10. The number of carboxylic acids is 1. The van der Waals surface area contributed by atoms with Crippen LogP contribution in [0.3, 0.4) is 0 Å². The summed E-state index contributed by atoms with van der Waals surface area (Å²) in [5, 5.41) is 11.5. The Kier molecular flexibility index (Phi) is 6.92. The van der Waals surface area contributed by atoms with Gasteiger partial charge in [-0.1, -0.05) is 30.3 Å². The zero-order chi connectivity index (χ0) is 19.8. The lowest BCUT2D eigenvalue weighted by Crippen LogP contribution is -2.13. The summed E-state index contributed by atoms with van der Waals surface area (Å²) in [6.45, 7) is 0.742. The van der Waals surface area contributed by atoms with Crippen LogP contribution in [0, 0.1) is 0 Å². The van der Waals surface area contributed by atoms with Crippen LogP contribution in [0.15, 0.2) is 66.0 Å². The lowest BCUT2D eigenvalue weighted by Gasteiger charge is -2.15. The third-order valence-corrected chi connectivity index (χ3v) is 5.19. The van der Waals surface area contributed by atoms with Gasteiger partial charge in [0.1, 0.15) is 19.0 Å². The van der Waals surface area contributed by atoms with Crippen LogP contribution in [0.25, 0.3) is 0 Å². The van der Waals surface area contributed by atoms with E-state index in [1.54, 1.807) is 13.2 Å². The average molecular weight is 398 g/mol. The summed E-state index contributed by atoms with van der Waals surface area (Å²) in [6, 6.07) is 18.8. The number of carbonyl (C=O) groups is 1. The molecule has 0 aliphatic carbocycles. The van der Waals surface area contributed by atoms with E-state index in [4.69, 9.17) is 14.2 Å². The third-order valence-electron chi connectivity index (χ3n) is 4.21. The van der Waals surface area contributed by atoms with Crippen LogP contribution in [0.1, 0.15) is 16.4 Å². The van der Waals surface area contributed by atoms with E-state index in [9.17, 15) is 9.90 Å². The Balaban J connectivity index is 1.64. The molecule has 1 atom stereocenters. The first-order chi connectivity index (χ1) is 13.7. The first kappa shape index (κ1) is 19.8. The van der Waals surface area contributed by atoms with Gasteiger partial charge in [-0.05, 0) is 47.7 Å². The highest BCUT2D eigenvalue weighted by Gasteiger charge is 2.22. The summed E-state index contributed by atoms with van der Waals surface area (Å²) in [5.41, 5.74) is 0.876. The molecule has 0 saturated heterocycles. The second-order valence-corrected chi connectivity index (χ2v) is 7.08. The highest BCUT2D eigenvalue weighted by molar-refractivity contribution is 7.10. The molecule has 2 aromatic carbocycles. The minimum absolute atomic E-state index is 0.349. The third kappa shape index (κ3) is 5.27. The van der Waals surface area contributed by atoms with Crippen molar-refractivity contribution in [3.05, 3.63) is 76.5 Å². The van der Waals surface area contributed by atoms with Gasteiger partial charge in [-0.3, -0.25) is 4.79 Å². The fourth-order valence-corrected chi connectivity index (χ4v) is 3.64. The number of hydrogen-bond acceptors (Lipinski definition) is 5. The molecule has 1 unspecified atom stereocenters. The summed E-state index contributed by atoms with van der Waals surface area (Å²) in [7, 11) is 1.58. The fourth-order valence-electron chi connectivity index (χ4n) is 2.82. The normalized spacial score (nSPS) is 11.6. The molecule has 0 fully saturated rings. The Hall–Kier alpha value is -2.99. The zero-order valence-electron chi connectivity index (χ0n) is 15.5. The van der Waals surface area contributed by atoms with Gasteiger partial charge < -0.3 is 19.3 Å². The Morgan fingerprint density at radius 3 is 2.46 bits per heavy atom. The molecular weight excluding hydrogens is 376 g/mol. The summed E-state index contributed by atoms with van der Waals surface area (Å²) in [4.78, 5) is 12.5. The first-order valence-electron chi connectivity index (χ1n) is 8.91. The molecule has 5 nitrogen and oxygen atoms in total. The average Bonchev–Trinajstić information content (AvgIpc) is 3.24. The van der Waals surface area contributed by atoms with Crippen molar-refractivity contribution in [1.82, 2.24) is 0 Å². The molecule has 3 aromatic rings. The highest BCUT2D eigenvalue weighted by Crippen LogP contribution is 2.31. The van der Waals surface area contributed by atoms with Crippen molar-refractivity contribution in [3.8, 4) is 17.2 Å². The van der Waals surface area contributed by atoms with Gasteiger partial charge in [-0.25, -0.2) is 0 Å². The van der Waals surface area contributed by atoms with Gasteiger partial charge in [0.05, 0.1) is 13.0 Å². The van der Waals surface area contributed by atoms with Gasteiger partial charge in [0.2, 0.25) is 0 Å². The van der Waals surface area contributed by atoms with Crippen molar-refractivity contribution in [1.29, 1.82) is 0 Å². The lowest BCUT2D eigenvalue weighted by atomic mass is 9.97. The van der Waals surface area contributed by atoms with Gasteiger partial charge in [0.15, 0.2) is 11.5 Å². The van der Waals surface area contributed by atoms with Crippen molar-refractivity contribution in [2.75, 3.05) is 20.3 Å². The van der Waals surface area contributed by atoms with E-state index in [2.05, 4.69) is 0 Å². The molecule has 1 N–H and O–H groups in total. The Morgan fingerprint density at radius 2 is 1.79 bits per heavy atom. The predicted octanol–water partition coefficient (Wildman–Crippen LogP) is 4.63. The number of aliphatic carboxylic acids is 1. The van der Waals surface area contributed by atoms with Crippen molar-refractivity contribution < 1.29 is 24.1 Å². The van der Waals surface area contributed by atoms with Gasteiger partial charge in [0, 0.05) is 4.88 Å². The fraction of sp³-hybridized carbons (Fsp3) is 0.227. The van der Waals surface area contributed by atoms with Crippen molar-refractivity contribution in [3.63, 3.8) is 0 Å². The Morgan fingerprint density at radius 1 is 1.00 bits per heavy atom. The Bertz CT molecular complexity index is 877. The Labute approximate surface area is 168 Å². The molecule has 0 saturated carbocycles. The predicted molar refractivity (Wildman–Crippen MR) is 109 cm³/mol. The van der Waals surface area contributed by atoms with Crippen LogP contribution in [-0.2, 0) is 11.2 Å². The van der Waals surface area contributed by atoms with Crippen molar-refractivity contribution in [2.45, 2.75) is 12.3 Å². The summed E-state index contributed by atoms with van der Waals surface area (Å²) in [5.74, 6) is 0.546. The molecule has 0 spiro atoms. The maximum atomic E-state index is 11.7. The summed E-state index contributed by atoms with van der Waals surface area (Å²) in [6.07, 6.45) is 0.386. The second kappa shape index (κ2) is 9.80. The molecule has 0 radical (unpaired) electrons. The molecule has 28 heavy (non-hydrogen) atoms. The topological polar surface area (TPSA) is 65.0 Å². The van der Waals surface area contributed by atoms with E-state index in [-0.39, 0.29) is 0 Å². The molecule has 0 aliphatic heterocycles.